The summed E-state index contributed by atoms with van der Waals surface area (Å²) >= 11 is 1.33. The van der Waals surface area contributed by atoms with Crippen molar-refractivity contribution < 1.29 is 12.8 Å². The first-order valence-corrected chi connectivity index (χ1v) is 7.57. The van der Waals surface area contributed by atoms with Gasteiger partial charge in [0.05, 0.1) is 16.9 Å². The predicted molar refractivity (Wildman–Crippen MR) is 70.5 cm³/mol. The summed E-state index contributed by atoms with van der Waals surface area (Å²) in [6.07, 6.45) is 1.57. The molecular weight excluding hydrogens is 272 g/mol. The molecule has 4 N–H and O–H groups in total. The summed E-state index contributed by atoms with van der Waals surface area (Å²) in [6, 6.07) is 8.24. The molecule has 0 fully saturated rings. The third-order valence-electron chi connectivity index (χ3n) is 2.22. The number of sulfonamides is 1. The minimum atomic E-state index is -3.78. The standard InChI is InChI=1S/C11H12N2O3S2/c12-8-3-4-10(11(6-8)18(13,14)15)17-7-9-2-1-5-16-9/h1-6H,7,12H2,(H2,13,14,15). The van der Waals surface area contributed by atoms with Crippen molar-refractivity contribution in [2.45, 2.75) is 15.5 Å². The van der Waals surface area contributed by atoms with Gasteiger partial charge in [0.2, 0.25) is 10.0 Å². The number of rotatable bonds is 4. The molecule has 7 heteroatoms. The van der Waals surface area contributed by atoms with Crippen LogP contribution in [0.5, 0.6) is 0 Å². The molecule has 2 aromatic rings. The normalized spacial score (nSPS) is 11.6. The molecule has 0 aliphatic rings. The van der Waals surface area contributed by atoms with Gasteiger partial charge in [0.1, 0.15) is 5.76 Å². The highest BCUT2D eigenvalue weighted by Crippen LogP contribution is 2.30. The SMILES string of the molecule is Nc1ccc(SCc2ccco2)c(S(N)(=O)=O)c1. The maximum absolute atomic E-state index is 11.5. The molecule has 18 heavy (non-hydrogen) atoms. The Labute approximate surface area is 109 Å². The second-order valence-corrected chi connectivity index (χ2v) is 6.17. The van der Waals surface area contributed by atoms with Crippen LogP contribution < -0.4 is 10.9 Å². The van der Waals surface area contributed by atoms with Crippen LogP contribution in [0.2, 0.25) is 0 Å². The summed E-state index contributed by atoms with van der Waals surface area (Å²) in [5.74, 6) is 1.29. The molecule has 2 rings (SSSR count). The molecule has 1 aromatic heterocycles. The van der Waals surface area contributed by atoms with Crippen molar-refractivity contribution in [3.8, 4) is 0 Å². The Morgan fingerprint density at radius 3 is 2.67 bits per heavy atom. The average molecular weight is 284 g/mol. The van der Waals surface area contributed by atoms with Crippen LogP contribution >= 0.6 is 11.8 Å². The Balaban J connectivity index is 2.27. The summed E-state index contributed by atoms with van der Waals surface area (Å²) in [5.41, 5.74) is 5.93. The van der Waals surface area contributed by atoms with Gasteiger partial charge in [-0.25, -0.2) is 13.6 Å². The first-order chi connectivity index (χ1) is 8.47. The van der Waals surface area contributed by atoms with Crippen LogP contribution in [0.1, 0.15) is 5.76 Å². The molecule has 5 nitrogen and oxygen atoms in total. The van der Waals surface area contributed by atoms with E-state index < -0.39 is 10.0 Å². The molecule has 0 saturated carbocycles. The molecule has 0 saturated heterocycles. The molecular formula is C11H12N2O3S2. The Morgan fingerprint density at radius 2 is 2.06 bits per heavy atom. The molecule has 0 atom stereocenters. The number of nitrogen functional groups attached to an aromatic ring is 1. The first-order valence-electron chi connectivity index (χ1n) is 5.04. The molecule has 0 bridgehead atoms. The van der Waals surface area contributed by atoms with Crippen molar-refractivity contribution in [3.63, 3.8) is 0 Å². The van der Waals surface area contributed by atoms with Crippen LogP contribution in [-0.2, 0) is 15.8 Å². The minimum absolute atomic E-state index is 0.0408. The summed E-state index contributed by atoms with van der Waals surface area (Å²) in [5, 5.41) is 5.16. The van der Waals surface area contributed by atoms with E-state index >= 15 is 0 Å². The largest absolute Gasteiger partial charge is 0.468 e. The Bertz CT molecular complexity index is 636. The number of nitrogens with two attached hydrogens (primary N) is 2. The number of hydrogen-bond donors (Lipinski definition) is 2. The molecule has 96 valence electrons. The van der Waals surface area contributed by atoms with E-state index in [1.165, 1.54) is 17.8 Å². The van der Waals surface area contributed by atoms with Gasteiger partial charge in [0.15, 0.2) is 0 Å². The van der Waals surface area contributed by atoms with Gasteiger partial charge in [0.25, 0.3) is 0 Å². The lowest BCUT2D eigenvalue weighted by atomic mass is 10.3. The van der Waals surface area contributed by atoms with Crippen molar-refractivity contribution in [1.82, 2.24) is 0 Å². The van der Waals surface area contributed by atoms with Crippen molar-refractivity contribution >= 4 is 27.5 Å². The van der Waals surface area contributed by atoms with Crippen LogP contribution in [0.25, 0.3) is 0 Å². The van der Waals surface area contributed by atoms with Crippen LogP contribution in [0.4, 0.5) is 5.69 Å². The van der Waals surface area contributed by atoms with Gasteiger partial charge in [-0.3, -0.25) is 0 Å². The fraction of sp³-hybridized carbons (Fsp3) is 0.0909. The molecule has 0 spiro atoms. The van der Waals surface area contributed by atoms with Crippen LogP contribution in [0.3, 0.4) is 0 Å². The quantitative estimate of drug-likeness (QED) is 0.658. The van der Waals surface area contributed by atoms with Gasteiger partial charge >= 0.3 is 0 Å². The van der Waals surface area contributed by atoms with Gasteiger partial charge in [-0.1, -0.05) is 0 Å². The second kappa shape index (κ2) is 5.05. The number of hydrogen-bond acceptors (Lipinski definition) is 5. The number of anilines is 1. The molecule has 1 heterocycles. The third kappa shape index (κ3) is 3.06. The maximum Gasteiger partial charge on any atom is 0.239 e. The van der Waals surface area contributed by atoms with Gasteiger partial charge in [0, 0.05) is 10.6 Å². The zero-order valence-electron chi connectivity index (χ0n) is 9.37. The number of benzene rings is 1. The Kier molecular flexibility index (Phi) is 3.65. The third-order valence-corrected chi connectivity index (χ3v) is 4.40. The molecule has 0 radical (unpaired) electrons. The number of thioether (sulfide) groups is 1. The van der Waals surface area contributed by atoms with E-state index in [1.54, 1.807) is 24.5 Å². The Hall–Kier alpha value is -1.44. The predicted octanol–water partition coefficient (Wildman–Crippen LogP) is 1.80. The van der Waals surface area contributed by atoms with Crippen LogP contribution in [-0.4, -0.2) is 8.42 Å². The smallest absolute Gasteiger partial charge is 0.239 e. The van der Waals surface area contributed by atoms with Gasteiger partial charge < -0.3 is 10.2 Å². The second-order valence-electron chi connectivity index (χ2n) is 3.62. The summed E-state index contributed by atoms with van der Waals surface area (Å²) in [7, 11) is -3.78. The lowest BCUT2D eigenvalue weighted by Crippen LogP contribution is -2.13. The molecule has 0 unspecified atom stereocenters. The van der Waals surface area contributed by atoms with Crippen molar-refractivity contribution in [2.75, 3.05) is 5.73 Å². The fourth-order valence-corrected chi connectivity index (χ4v) is 3.41. The van der Waals surface area contributed by atoms with Crippen LogP contribution in [0, 0.1) is 0 Å². The molecule has 1 aromatic carbocycles. The lowest BCUT2D eigenvalue weighted by molar-refractivity contribution is 0.530. The highest BCUT2D eigenvalue weighted by atomic mass is 32.2. The van der Waals surface area contributed by atoms with E-state index in [9.17, 15) is 8.42 Å². The van der Waals surface area contributed by atoms with Crippen molar-refractivity contribution in [2.24, 2.45) is 5.14 Å². The van der Waals surface area contributed by atoms with Gasteiger partial charge in [-0.05, 0) is 30.3 Å². The van der Waals surface area contributed by atoms with E-state index in [0.29, 0.717) is 16.3 Å². The summed E-state index contributed by atoms with van der Waals surface area (Å²) < 4.78 is 28.1. The van der Waals surface area contributed by atoms with E-state index in [4.69, 9.17) is 15.3 Å². The van der Waals surface area contributed by atoms with Gasteiger partial charge in [-0.2, -0.15) is 0 Å². The van der Waals surface area contributed by atoms with E-state index in [0.717, 1.165) is 5.76 Å². The number of furan rings is 1. The lowest BCUT2D eigenvalue weighted by Gasteiger charge is -2.07. The summed E-state index contributed by atoms with van der Waals surface area (Å²) in [6.45, 7) is 0. The maximum atomic E-state index is 11.5. The fourth-order valence-electron chi connectivity index (χ4n) is 1.41. The van der Waals surface area contributed by atoms with Crippen LogP contribution in [0.15, 0.2) is 50.8 Å². The monoisotopic (exact) mass is 284 g/mol. The molecule has 0 amide bonds. The summed E-state index contributed by atoms with van der Waals surface area (Å²) in [4.78, 5) is 0.599. The molecule has 0 aliphatic heterocycles. The zero-order chi connectivity index (χ0) is 13.2. The Morgan fingerprint density at radius 1 is 1.28 bits per heavy atom. The topological polar surface area (TPSA) is 99.3 Å². The van der Waals surface area contributed by atoms with Gasteiger partial charge in [-0.15, -0.1) is 11.8 Å². The highest BCUT2D eigenvalue weighted by molar-refractivity contribution is 7.99. The molecule has 0 aliphatic carbocycles. The van der Waals surface area contributed by atoms with E-state index in [1.807, 2.05) is 6.07 Å². The van der Waals surface area contributed by atoms with E-state index in [-0.39, 0.29) is 4.90 Å². The first kappa shape index (κ1) is 13.0. The van der Waals surface area contributed by atoms with E-state index in [2.05, 4.69) is 0 Å². The van der Waals surface area contributed by atoms with Crippen molar-refractivity contribution in [3.05, 3.63) is 42.4 Å². The average Bonchev–Trinajstić information content (AvgIpc) is 2.79. The minimum Gasteiger partial charge on any atom is -0.468 e. The highest BCUT2D eigenvalue weighted by Gasteiger charge is 2.15. The number of primary sulfonamides is 1. The zero-order valence-corrected chi connectivity index (χ0v) is 11.0. The van der Waals surface area contributed by atoms with Crippen molar-refractivity contribution in [1.29, 1.82) is 0 Å².